The van der Waals surface area contributed by atoms with Gasteiger partial charge in [0.2, 0.25) is 6.79 Å². The number of benzene rings is 3. The van der Waals surface area contributed by atoms with Crippen LogP contribution in [-0.4, -0.2) is 21.8 Å². The van der Waals surface area contributed by atoms with Crippen molar-refractivity contribution in [3.8, 4) is 11.5 Å². The van der Waals surface area contributed by atoms with Crippen LogP contribution in [0.4, 0.5) is 5.69 Å². The van der Waals surface area contributed by atoms with Gasteiger partial charge < -0.3 is 24.7 Å². The number of nitrogens with zero attached hydrogens (tertiary/aromatic N) is 1. The molecule has 0 amide bonds. The molecule has 0 unspecified atom stereocenters. The molecule has 2 N–H and O–H groups in total. The molecule has 6 nitrogen and oxygen atoms in total. The number of aromatic amines is 1. The minimum atomic E-state index is -0.115. The van der Waals surface area contributed by atoms with E-state index in [-0.39, 0.29) is 12.4 Å². The second-order valence-corrected chi connectivity index (χ2v) is 9.83. The van der Waals surface area contributed by atoms with Gasteiger partial charge in [0.1, 0.15) is 0 Å². The van der Waals surface area contributed by atoms with Crippen LogP contribution in [0.25, 0.3) is 10.9 Å². The van der Waals surface area contributed by atoms with Crippen LogP contribution in [0.3, 0.4) is 0 Å². The van der Waals surface area contributed by atoms with Gasteiger partial charge in [0, 0.05) is 23.3 Å². The van der Waals surface area contributed by atoms with Crippen molar-refractivity contribution in [2.75, 3.05) is 12.1 Å². The minimum Gasteiger partial charge on any atom is -0.454 e. The highest BCUT2D eigenvalue weighted by molar-refractivity contribution is 7.80. The van der Waals surface area contributed by atoms with Gasteiger partial charge in [-0.3, -0.25) is 4.79 Å². The molecule has 1 aliphatic heterocycles. The fourth-order valence-electron chi connectivity index (χ4n) is 4.45. The first-order chi connectivity index (χ1) is 17.3. The molecule has 4 aromatic rings. The zero-order valence-corrected chi connectivity index (χ0v) is 21.7. The first-order valence-electron chi connectivity index (χ1n) is 11.9. The third kappa shape index (κ3) is 4.93. The van der Waals surface area contributed by atoms with Gasteiger partial charge in [0.05, 0.1) is 6.54 Å². The second-order valence-electron chi connectivity index (χ2n) is 9.44. The van der Waals surface area contributed by atoms with E-state index < -0.39 is 0 Å². The van der Waals surface area contributed by atoms with Crippen molar-refractivity contribution in [1.29, 1.82) is 0 Å². The summed E-state index contributed by atoms with van der Waals surface area (Å²) in [5.41, 5.74) is 7.95. The highest BCUT2D eigenvalue weighted by atomic mass is 32.1. The quantitative estimate of drug-likeness (QED) is 0.334. The number of fused-ring (bicyclic) bond motifs is 2. The lowest BCUT2D eigenvalue weighted by molar-refractivity contribution is 0.174. The fraction of sp³-hybridized carbons (Fsp3) is 0.241. The summed E-state index contributed by atoms with van der Waals surface area (Å²) in [6, 6.07) is 18.2. The molecule has 0 atom stereocenters. The molecule has 1 aliphatic rings. The van der Waals surface area contributed by atoms with Gasteiger partial charge in [0.15, 0.2) is 16.6 Å². The predicted octanol–water partition coefficient (Wildman–Crippen LogP) is 5.89. The van der Waals surface area contributed by atoms with Crippen LogP contribution in [-0.2, 0) is 13.1 Å². The number of aromatic nitrogens is 1. The van der Waals surface area contributed by atoms with E-state index in [4.69, 9.17) is 21.7 Å². The van der Waals surface area contributed by atoms with Crippen molar-refractivity contribution in [3.63, 3.8) is 0 Å². The molecule has 0 saturated heterocycles. The Morgan fingerprint density at radius 2 is 1.69 bits per heavy atom. The number of thiocarbonyl (C=S) groups is 1. The lowest BCUT2D eigenvalue weighted by Crippen LogP contribution is -2.35. The van der Waals surface area contributed by atoms with Gasteiger partial charge in [-0.15, -0.1) is 0 Å². The summed E-state index contributed by atoms with van der Waals surface area (Å²) >= 11 is 5.87. The van der Waals surface area contributed by atoms with Gasteiger partial charge in [-0.25, -0.2) is 0 Å². The number of hydrogen-bond donors (Lipinski definition) is 2. The van der Waals surface area contributed by atoms with Crippen LogP contribution in [0, 0.1) is 27.7 Å². The lowest BCUT2D eigenvalue weighted by atomic mass is 10.0. The SMILES string of the molecule is Cc1ccc(NC(=S)N(Cc2ccc3c(c2)OCO3)Cc2cc3cc(C)c(C)cc3[nH]c2=O)c(C)c1. The molecule has 2 heterocycles. The predicted molar refractivity (Wildman–Crippen MR) is 148 cm³/mol. The average Bonchev–Trinajstić information content (AvgIpc) is 3.30. The van der Waals surface area contributed by atoms with Gasteiger partial charge >= 0.3 is 0 Å². The molecule has 3 aromatic carbocycles. The summed E-state index contributed by atoms with van der Waals surface area (Å²) in [5, 5.41) is 4.94. The fourth-order valence-corrected chi connectivity index (χ4v) is 4.69. The number of pyridine rings is 1. The number of nitrogens with one attached hydrogen (secondary N) is 2. The van der Waals surface area contributed by atoms with Crippen molar-refractivity contribution in [1.82, 2.24) is 9.88 Å². The number of H-pyrrole nitrogens is 1. The Bertz CT molecular complexity index is 1540. The Hall–Kier alpha value is -3.84. The van der Waals surface area contributed by atoms with E-state index in [9.17, 15) is 4.79 Å². The molecule has 0 bridgehead atoms. The number of hydrogen-bond acceptors (Lipinski definition) is 4. The number of anilines is 1. The van der Waals surface area contributed by atoms with E-state index in [1.165, 1.54) is 11.1 Å². The molecule has 0 aliphatic carbocycles. The van der Waals surface area contributed by atoms with Crippen molar-refractivity contribution in [2.24, 2.45) is 0 Å². The van der Waals surface area contributed by atoms with E-state index in [0.717, 1.165) is 44.8 Å². The zero-order chi connectivity index (χ0) is 25.4. The maximum Gasteiger partial charge on any atom is 0.253 e. The second kappa shape index (κ2) is 9.66. The Balaban J connectivity index is 1.48. The molecule has 184 valence electrons. The molecule has 0 spiro atoms. The van der Waals surface area contributed by atoms with E-state index in [1.54, 1.807) is 0 Å². The Morgan fingerprint density at radius 1 is 0.917 bits per heavy atom. The average molecular weight is 500 g/mol. The van der Waals surface area contributed by atoms with Crippen LogP contribution in [0.1, 0.15) is 33.4 Å². The lowest BCUT2D eigenvalue weighted by Gasteiger charge is -2.27. The van der Waals surface area contributed by atoms with E-state index in [1.807, 2.05) is 48.2 Å². The summed E-state index contributed by atoms with van der Waals surface area (Å²) in [5.74, 6) is 1.45. The van der Waals surface area contributed by atoms with Crippen LogP contribution in [0.15, 0.2) is 59.4 Å². The standard InChI is InChI=1S/C29H29N3O3S/c1-17-5-7-24(20(4)9-17)31-29(36)32(14-21-6-8-26-27(12-21)35-16-34-26)15-23-13-22-10-18(2)19(3)11-25(22)30-28(23)33/h5-13H,14-16H2,1-4H3,(H,30,33)(H,31,36). The Kier molecular flexibility index (Phi) is 6.41. The van der Waals surface area contributed by atoms with Crippen molar-refractivity contribution < 1.29 is 9.47 Å². The van der Waals surface area contributed by atoms with Crippen molar-refractivity contribution in [3.05, 3.63) is 98.3 Å². The smallest absolute Gasteiger partial charge is 0.253 e. The summed E-state index contributed by atoms with van der Waals surface area (Å²) in [6.07, 6.45) is 0. The molecule has 36 heavy (non-hydrogen) atoms. The number of aryl methyl sites for hydroxylation is 4. The maximum absolute atomic E-state index is 13.1. The molecule has 5 rings (SSSR count). The summed E-state index contributed by atoms with van der Waals surface area (Å²) in [6.45, 7) is 9.32. The molecular weight excluding hydrogens is 470 g/mol. The largest absolute Gasteiger partial charge is 0.454 e. The Labute approximate surface area is 215 Å². The van der Waals surface area contributed by atoms with Crippen molar-refractivity contribution in [2.45, 2.75) is 40.8 Å². The summed E-state index contributed by atoms with van der Waals surface area (Å²) < 4.78 is 11.0. The maximum atomic E-state index is 13.1. The van der Waals surface area contributed by atoms with Gasteiger partial charge in [0.25, 0.3) is 5.56 Å². The van der Waals surface area contributed by atoms with Gasteiger partial charge in [-0.05, 0) is 104 Å². The molecule has 0 radical (unpaired) electrons. The molecule has 1 aromatic heterocycles. The van der Waals surface area contributed by atoms with Crippen LogP contribution in [0.5, 0.6) is 11.5 Å². The first-order valence-corrected chi connectivity index (χ1v) is 12.3. The molecular formula is C29H29N3O3S. The molecule has 0 fully saturated rings. The Morgan fingerprint density at radius 3 is 2.50 bits per heavy atom. The zero-order valence-electron chi connectivity index (χ0n) is 20.9. The number of ether oxygens (including phenoxy) is 2. The van der Waals surface area contributed by atoms with E-state index in [2.05, 4.69) is 49.3 Å². The highest BCUT2D eigenvalue weighted by Crippen LogP contribution is 2.33. The third-order valence-corrected chi connectivity index (χ3v) is 6.98. The monoisotopic (exact) mass is 499 g/mol. The van der Waals surface area contributed by atoms with Crippen LogP contribution in [0.2, 0.25) is 0 Å². The summed E-state index contributed by atoms with van der Waals surface area (Å²) in [4.78, 5) is 18.1. The topological polar surface area (TPSA) is 66.6 Å². The third-order valence-electron chi connectivity index (χ3n) is 6.62. The molecule has 0 saturated carbocycles. The van der Waals surface area contributed by atoms with Crippen molar-refractivity contribution >= 4 is 33.9 Å². The minimum absolute atomic E-state index is 0.115. The normalized spacial score (nSPS) is 12.1. The van der Waals surface area contributed by atoms with Crippen LogP contribution >= 0.6 is 12.2 Å². The highest BCUT2D eigenvalue weighted by Gasteiger charge is 2.18. The van der Waals surface area contributed by atoms with Gasteiger partial charge in [-0.1, -0.05) is 23.8 Å². The molecule has 7 heteroatoms. The van der Waals surface area contributed by atoms with E-state index in [0.29, 0.717) is 23.8 Å². The van der Waals surface area contributed by atoms with Crippen LogP contribution < -0.4 is 20.3 Å². The van der Waals surface area contributed by atoms with Gasteiger partial charge in [-0.2, -0.15) is 0 Å². The number of rotatable bonds is 5. The summed E-state index contributed by atoms with van der Waals surface area (Å²) in [7, 11) is 0. The van der Waals surface area contributed by atoms with E-state index >= 15 is 0 Å². The first kappa shape index (κ1) is 23.9.